The highest BCUT2D eigenvalue weighted by Crippen LogP contribution is 2.21. The molecule has 6 nitrogen and oxygen atoms in total. The first-order chi connectivity index (χ1) is 9.78. The Morgan fingerprint density at radius 3 is 2.95 bits per heavy atom. The van der Waals surface area contributed by atoms with Crippen LogP contribution in [-0.2, 0) is 0 Å². The summed E-state index contributed by atoms with van der Waals surface area (Å²) in [5, 5.41) is 6.47. The first-order valence-electron chi connectivity index (χ1n) is 5.98. The summed E-state index contributed by atoms with van der Waals surface area (Å²) >= 11 is 1.44. The van der Waals surface area contributed by atoms with Crippen molar-refractivity contribution in [1.29, 1.82) is 0 Å². The van der Waals surface area contributed by atoms with Crippen LogP contribution in [-0.4, -0.2) is 30.8 Å². The van der Waals surface area contributed by atoms with Crippen LogP contribution >= 0.6 is 11.8 Å². The molecule has 20 heavy (non-hydrogen) atoms. The minimum atomic E-state index is -0.172. The number of hydrogen-bond acceptors (Lipinski definition) is 5. The molecular formula is C13H9N5OS. The van der Waals surface area contributed by atoms with Crippen LogP contribution < -0.4 is 5.56 Å². The van der Waals surface area contributed by atoms with Crippen LogP contribution in [0.5, 0.6) is 0 Å². The molecular weight excluding hydrogens is 274 g/mol. The van der Waals surface area contributed by atoms with Gasteiger partial charge in [-0.15, -0.1) is 5.10 Å². The molecule has 0 unspecified atom stereocenters. The van der Waals surface area contributed by atoms with Gasteiger partial charge < -0.3 is 4.98 Å². The summed E-state index contributed by atoms with van der Waals surface area (Å²) < 4.78 is 1.64. The Bertz CT molecular complexity index is 1020. The van der Waals surface area contributed by atoms with Crippen LogP contribution in [0.1, 0.15) is 0 Å². The molecule has 3 heterocycles. The summed E-state index contributed by atoms with van der Waals surface area (Å²) in [7, 11) is 0. The van der Waals surface area contributed by atoms with Crippen molar-refractivity contribution in [3.63, 3.8) is 0 Å². The normalized spacial score (nSPS) is 11.7. The van der Waals surface area contributed by atoms with Crippen LogP contribution in [0.25, 0.3) is 27.6 Å². The smallest absolute Gasteiger partial charge is 0.259 e. The number of H-pyrrole nitrogens is 1. The van der Waals surface area contributed by atoms with Gasteiger partial charge in [0.15, 0.2) is 0 Å². The summed E-state index contributed by atoms with van der Waals surface area (Å²) in [6.45, 7) is 0. The Morgan fingerprint density at radius 1 is 1.25 bits per heavy atom. The van der Waals surface area contributed by atoms with Crippen LogP contribution in [0.3, 0.4) is 0 Å². The first kappa shape index (κ1) is 11.4. The van der Waals surface area contributed by atoms with Crippen molar-refractivity contribution in [1.82, 2.24) is 24.6 Å². The largest absolute Gasteiger partial charge is 0.321 e. The quantitative estimate of drug-likeness (QED) is 0.426. The predicted octanol–water partition coefficient (Wildman–Crippen LogP) is 1.84. The van der Waals surface area contributed by atoms with Crippen LogP contribution in [0.2, 0.25) is 0 Å². The molecule has 1 aromatic carbocycles. The Morgan fingerprint density at radius 2 is 2.10 bits per heavy atom. The average molecular weight is 283 g/mol. The van der Waals surface area contributed by atoms with Crippen molar-refractivity contribution >= 4 is 39.3 Å². The molecule has 4 rings (SSSR count). The van der Waals surface area contributed by atoms with E-state index in [4.69, 9.17) is 0 Å². The molecule has 0 saturated heterocycles. The van der Waals surface area contributed by atoms with Gasteiger partial charge in [0, 0.05) is 11.6 Å². The molecule has 0 radical (unpaired) electrons. The van der Waals surface area contributed by atoms with Gasteiger partial charge in [0.25, 0.3) is 11.3 Å². The van der Waals surface area contributed by atoms with Crippen molar-refractivity contribution < 1.29 is 0 Å². The van der Waals surface area contributed by atoms with Crippen molar-refractivity contribution in [3.05, 3.63) is 40.8 Å². The minimum Gasteiger partial charge on any atom is -0.321 e. The lowest BCUT2D eigenvalue weighted by Crippen LogP contribution is -2.09. The second kappa shape index (κ2) is 4.04. The predicted molar refractivity (Wildman–Crippen MR) is 78.2 cm³/mol. The van der Waals surface area contributed by atoms with Crippen LogP contribution in [0, 0.1) is 0 Å². The second-order valence-electron chi connectivity index (χ2n) is 4.33. The van der Waals surface area contributed by atoms with E-state index in [1.807, 2.05) is 30.5 Å². The van der Waals surface area contributed by atoms with Crippen molar-refractivity contribution in [2.24, 2.45) is 0 Å². The fourth-order valence-corrected chi connectivity index (χ4v) is 2.65. The third kappa shape index (κ3) is 1.47. The molecule has 0 aliphatic rings. The van der Waals surface area contributed by atoms with Gasteiger partial charge in [0.05, 0.1) is 16.4 Å². The molecule has 7 heteroatoms. The maximum atomic E-state index is 12.2. The number of nitrogens with one attached hydrogen (secondary N) is 1. The summed E-state index contributed by atoms with van der Waals surface area (Å²) in [5.74, 6) is 0.498. The van der Waals surface area contributed by atoms with Gasteiger partial charge in [-0.3, -0.25) is 4.79 Å². The van der Waals surface area contributed by atoms with E-state index < -0.39 is 0 Å². The zero-order valence-corrected chi connectivity index (χ0v) is 11.3. The van der Waals surface area contributed by atoms with E-state index in [0.717, 1.165) is 16.4 Å². The molecule has 0 aliphatic carbocycles. The Balaban J connectivity index is 2.35. The fraction of sp³-hybridized carbons (Fsp3) is 0.0769. The number of thioether (sulfide) groups is 1. The number of fused-ring (bicyclic) bond motifs is 5. The van der Waals surface area contributed by atoms with Gasteiger partial charge in [-0.1, -0.05) is 30.0 Å². The highest BCUT2D eigenvalue weighted by molar-refractivity contribution is 7.98. The maximum Gasteiger partial charge on any atom is 0.259 e. The topological polar surface area (TPSA) is 75.9 Å². The Labute approximate surface area is 116 Å². The van der Waals surface area contributed by atoms with Crippen LogP contribution in [0.15, 0.2) is 40.4 Å². The average Bonchev–Trinajstić information content (AvgIpc) is 2.90. The third-order valence-electron chi connectivity index (χ3n) is 3.20. The van der Waals surface area contributed by atoms with Crippen molar-refractivity contribution in [2.45, 2.75) is 5.16 Å². The van der Waals surface area contributed by atoms with Gasteiger partial charge in [-0.05, 0) is 12.3 Å². The lowest BCUT2D eigenvalue weighted by molar-refractivity contribution is 0.912. The Kier molecular flexibility index (Phi) is 2.31. The van der Waals surface area contributed by atoms with E-state index in [-0.39, 0.29) is 5.56 Å². The number of para-hydroxylation sites is 1. The van der Waals surface area contributed by atoms with Crippen molar-refractivity contribution in [2.75, 3.05) is 6.26 Å². The molecule has 3 aromatic heterocycles. The second-order valence-corrected chi connectivity index (χ2v) is 5.10. The number of rotatable bonds is 1. The highest BCUT2D eigenvalue weighted by atomic mass is 32.2. The molecule has 0 saturated carbocycles. The fourth-order valence-electron chi connectivity index (χ4n) is 2.32. The number of nitrogens with zero attached hydrogens (tertiary/aromatic N) is 4. The molecule has 0 aliphatic heterocycles. The Hall–Kier alpha value is -2.41. The van der Waals surface area contributed by atoms with Crippen LogP contribution in [0.4, 0.5) is 0 Å². The lowest BCUT2D eigenvalue weighted by Gasteiger charge is -2.04. The van der Waals surface area contributed by atoms with Gasteiger partial charge in [-0.2, -0.15) is 9.50 Å². The molecule has 0 spiro atoms. The van der Waals surface area contributed by atoms with E-state index in [0.29, 0.717) is 16.3 Å². The number of benzene rings is 1. The molecule has 1 N–H and O–H groups in total. The van der Waals surface area contributed by atoms with E-state index >= 15 is 0 Å². The number of pyridine rings is 1. The van der Waals surface area contributed by atoms with Gasteiger partial charge in [0.2, 0.25) is 5.16 Å². The molecule has 0 bridgehead atoms. The zero-order valence-electron chi connectivity index (χ0n) is 10.5. The monoisotopic (exact) mass is 283 g/mol. The third-order valence-corrected chi connectivity index (χ3v) is 3.74. The number of aromatic amines is 1. The van der Waals surface area contributed by atoms with E-state index in [1.165, 1.54) is 11.8 Å². The van der Waals surface area contributed by atoms with Gasteiger partial charge in [-0.25, -0.2) is 4.98 Å². The molecule has 4 aromatic rings. The van der Waals surface area contributed by atoms with E-state index in [9.17, 15) is 4.79 Å². The number of hydrogen-bond donors (Lipinski definition) is 1. The zero-order chi connectivity index (χ0) is 13.7. The maximum absolute atomic E-state index is 12.2. The number of aromatic nitrogens is 5. The summed E-state index contributed by atoms with van der Waals surface area (Å²) in [6, 6.07) is 7.64. The summed E-state index contributed by atoms with van der Waals surface area (Å²) in [6.07, 6.45) is 3.45. The molecule has 0 atom stereocenters. The summed E-state index contributed by atoms with van der Waals surface area (Å²) in [4.78, 5) is 23.5. The minimum absolute atomic E-state index is 0.172. The lowest BCUT2D eigenvalue weighted by atomic mass is 10.1. The van der Waals surface area contributed by atoms with Gasteiger partial charge in [0.1, 0.15) is 0 Å². The van der Waals surface area contributed by atoms with E-state index in [1.54, 1.807) is 10.7 Å². The molecule has 0 fully saturated rings. The molecule has 98 valence electrons. The van der Waals surface area contributed by atoms with Crippen molar-refractivity contribution in [3.8, 4) is 0 Å². The first-order valence-corrected chi connectivity index (χ1v) is 7.21. The molecule has 0 amide bonds. The van der Waals surface area contributed by atoms with E-state index in [2.05, 4.69) is 20.1 Å². The highest BCUT2D eigenvalue weighted by Gasteiger charge is 2.12. The van der Waals surface area contributed by atoms with Gasteiger partial charge >= 0.3 is 0 Å². The SMILES string of the molecule is CSc1nc2ncc3c(=O)[nH]c4ccccc4c3n2n1. The standard InChI is InChI=1S/C13H9N5OS/c1-20-13-16-12-14-6-8-10(18(12)17-13)7-4-2-3-5-9(7)15-11(8)19/h2-6H,1H3,(H,15,19). The summed E-state index contributed by atoms with van der Waals surface area (Å²) in [5.41, 5.74) is 1.34.